The van der Waals surface area contributed by atoms with E-state index in [0.717, 1.165) is 96.3 Å². The van der Waals surface area contributed by atoms with Gasteiger partial charge in [0.2, 0.25) is 0 Å². The third-order valence-electron chi connectivity index (χ3n) is 14.0. The molecule has 2 atom stereocenters. The van der Waals surface area contributed by atoms with Crippen LogP contribution in [0.1, 0.15) is 271 Å². The van der Waals surface area contributed by atoms with Crippen molar-refractivity contribution in [2.75, 3.05) is 47.5 Å². The Morgan fingerprint density at radius 1 is 0.383 bits per heavy atom. The molecular weight excluding hydrogens is 1010 g/mol. The van der Waals surface area contributed by atoms with Gasteiger partial charge in [0.15, 0.2) is 12.4 Å². The Kier molecular flexibility index (Phi) is 58.9. The summed E-state index contributed by atoms with van der Waals surface area (Å²) < 4.78 is 22.8. The van der Waals surface area contributed by atoms with Gasteiger partial charge in [0.25, 0.3) is 0 Å². The Labute approximate surface area is 498 Å². The number of unbranched alkanes of at least 4 members (excludes halogenated alkanes) is 27. The smallest absolute Gasteiger partial charge is 0.306 e. The van der Waals surface area contributed by atoms with E-state index in [1.807, 2.05) is 21.1 Å². The molecule has 464 valence electrons. The Morgan fingerprint density at radius 2 is 0.704 bits per heavy atom. The van der Waals surface area contributed by atoms with Gasteiger partial charge in [-0.05, 0) is 103 Å². The van der Waals surface area contributed by atoms with Gasteiger partial charge in [-0.15, -0.1) is 0 Å². The molecule has 0 aliphatic rings. The zero-order chi connectivity index (χ0) is 59.1. The van der Waals surface area contributed by atoms with Crippen molar-refractivity contribution in [3.05, 3.63) is 109 Å². The maximum Gasteiger partial charge on any atom is 0.306 e. The second-order valence-electron chi connectivity index (χ2n) is 23.0. The highest BCUT2D eigenvalue weighted by atomic mass is 16.7. The summed E-state index contributed by atoms with van der Waals surface area (Å²) in [7, 11) is 5.92. The fourth-order valence-corrected chi connectivity index (χ4v) is 8.96. The van der Waals surface area contributed by atoms with E-state index in [1.165, 1.54) is 141 Å². The number of esters is 2. The molecule has 9 nitrogen and oxygen atoms in total. The van der Waals surface area contributed by atoms with Gasteiger partial charge in [-0.1, -0.05) is 264 Å². The molecule has 0 aromatic carbocycles. The van der Waals surface area contributed by atoms with Crippen LogP contribution < -0.4 is 5.11 Å². The quantitative estimate of drug-likeness (QED) is 0.0195. The number of hydrogen-bond acceptors (Lipinski definition) is 8. The second-order valence-corrected chi connectivity index (χ2v) is 23.0. The second kappa shape index (κ2) is 62.0. The first-order valence-corrected chi connectivity index (χ1v) is 33.0. The number of carboxylic acids is 1. The number of carbonyl (C=O) groups excluding carboxylic acids is 3. The minimum atomic E-state index is -1.63. The lowest BCUT2D eigenvalue weighted by atomic mass is 10.0. The van der Waals surface area contributed by atoms with Crippen molar-refractivity contribution in [2.45, 2.75) is 283 Å². The predicted molar refractivity (Wildman–Crippen MR) is 343 cm³/mol. The van der Waals surface area contributed by atoms with Gasteiger partial charge in [-0.3, -0.25) is 9.59 Å². The molecule has 0 rings (SSSR count). The SMILES string of the molecule is CC/C=C\C/C=C\C/C=C\C/C=C\C/C=C\C/C=C\C/C=C\CCCCCCCCCCCCCC(=O)OC(COC(=O)CCCCCCCCCCCCC/C=C\C/C=C\CCCCCCC)COC(OCC[N+](C)(C)C)C(=O)[O-]. The van der Waals surface area contributed by atoms with Gasteiger partial charge < -0.3 is 33.3 Å². The fraction of sp³-hybridized carbons (Fsp3) is 0.708. The van der Waals surface area contributed by atoms with E-state index in [1.54, 1.807) is 0 Å². The molecule has 0 saturated heterocycles. The first-order valence-electron chi connectivity index (χ1n) is 33.0. The molecule has 0 saturated carbocycles. The average Bonchev–Trinajstić information content (AvgIpc) is 3.44. The van der Waals surface area contributed by atoms with Crippen molar-refractivity contribution in [1.82, 2.24) is 0 Å². The number of rotatable bonds is 60. The van der Waals surface area contributed by atoms with Crippen molar-refractivity contribution in [1.29, 1.82) is 0 Å². The minimum absolute atomic E-state index is 0.142. The normalized spacial score (nSPS) is 13.4. The van der Waals surface area contributed by atoms with Crippen LogP contribution in [-0.4, -0.2) is 82.3 Å². The number of hydrogen-bond donors (Lipinski definition) is 0. The van der Waals surface area contributed by atoms with E-state index in [0.29, 0.717) is 17.4 Å². The van der Waals surface area contributed by atoms with Crippen LogP contribution in [0, 0.1) is 0 Å². The van der Waals surface area contributed by atoms with Gasteiger partial charge in [0.1, 0.15) is 13.2 Å². The zero-order valence-corrected chi connectivity index (χ0v) is 52.9. The summed E-state index contributed by atoms with van der Waals surface area (Å²) in [5.41, 5.74) is 0. The molecule has 2 unspecified atom stereocenters. The van der Waals surface area contributed by atoms with E-state index in [-0.39, 0.29) is 38.6 Å². The molecule has 0 heterocycles. The lowest BCUT2D eigenvalue weighted by Gasteiger charge is -2.26. The number of carboxylic acid groups (broad SMARTS) is 1. The summed E-state index contributed by atoms with van der Waals surface area (Å²) in [5.74, 6) is -2.29. The summed E-state index contributed by atoms with van der Waals surface area (Å²) in [6.45, 7) is 4.63. The Morgan fingerprint density at radius 3 is 1.05 bits per heavy atom. The average molecular weight is 1130 g/mol. The highest BCUT2D eigenvalue weighted by Gasteiger charge is 2.22. The summed E-state index contributed by atoms with van der Waals surface area (Å²) in [5, 5.41) is 11.8. The fourth-order valence-electron chi connectivity index (χ4n) is 8.96. The number of ether oxygens (including phenoxy) is 4. The van der Waals surface area contributed by atoms with E-state index in [9.17, 15) is 19.5 Å². The number of aliphatic carboxylic acids is 1. The van der Waals surface area contributed by atoms with Gasteiger partial charge in [0, 0.05) is 12.8 Å². The summed E-state index contributed by atoms with van der Waals surface area (Å²) >= 11 is 0. The van der Waals surface area contributed by atoms with Gasteiger partial charge >= 0.3 is 11.9 Å². The zero-order valence-electron chi connectivity index (χ0n) is 52.9. The molecule has 0 aromatic rings. The van der Waals surface area contributed by atoms with E-state index < -0.39 is 24.3 Å². The highest BCUT2D eigenvalue weighted by Crippen LogP contribution is 2.16. The molecular formula is C72H123NO8. The van der Waals surface area contributed by atoms with Crippen molar-refractivity contribution < 1.29 is 42.9 Å². The third kappa shape index (κ3) is 63.4. The van der Waals surface area contributed by atoms with Crippen LogP contribution in [0.15, 0.2) is 109 Å². The summed E-state index contributed by atoms with van der Waals surface area (Å²) in [4.78, 5) is 37.4. The Balaban J connectivity index is 4.19. The van der Waals surface area contributed by atoms with Crippen LogP contribution in [0.5, 0.6) is 0 Å². The van der Waals surface area contributed by atoms with Crippen LogP contribution in [0.25, 0.3) is 0 Å². The number of nitrogens with zero attached hydrogens (tertiary/aromatic N) is 1. The largest absolute Gasteiger partial charge is 0.545 e. The standard InChI is InChI=1S/C72H123NO8/c1-6-8-10-12-14-16-18-20-22-24-26-28-30-31-32-33-34-35-36-37-38-39-41-43-45-47-49-51-53-55-57-59-61-63-70(75)81-68(67-80-72(71(76)77)78-65-64-73(3,4)5)66-79-69(74)62-60-58-56-54-52-50-48-46-44-42-40-29-27-25-23-21-19-17-15-13-11-9-7-2/h8,10,14,16,19-22,25-28,31-32,34-35,37-38,68,72H,6-7,9,11-13,15,17-18,23-24,29-30,33,36,39-67H2,1-5H3/b10-8-,16-14-,21-19-,22-20-,27-25-,28-26-,32-31-,35-34-,38-37-. The van der Waals surface area contributed by atoms with Crippen molar-refractivity contribution in [3.8, 4) is 0 Å². The van der Waals surface area contributed by atoms with E-state index in [4.69, 9.17) is 18.9 Å². The minimum Gasteiger partial charge on any atom is -0.545 e. The lowest BCUT2D eigenvalue weighted by Crippen LogP contribution is -2.44. The topological polar surface area (TPSA) is 111 Å². The molecule has 0 aliphatic heterocycles. The lowest BCUT2D eigenvalue weighted by molar-refractivity contribution is -0.870. The molecule has 0 bridgehead atoms. The number of likely N-dealkylation sites (N-methyl/N-ethyl adjacent to an activating group) is 1. The monoisotopic (exact) mass is 1130 g/mol. The third-order valence-corrected chi connectivity index (χ3v) is 14.0. The van der Waals surface area contributed by atoms with Crippen LogP contribution >= 0.6 is 0 Å². The maximum absolute atomic E-state index is 12.9. The van der Waals surface area contributed by atoms with Gasteiger partial charge in [-0.25, -0.2) is 0 Å². The maximum atomic E-state index is 12.9. The molecule has 81 heavy (non-hydrogen) atoms. The predicted octanol–water partition coefficient (Wildman–Crippen LogP) is 18.9. The van der Waals surface area contributed by atoms with Gasteiger partial charge in [0.05, 0.1) is 40.3 Å². The van der Waals surface area contributed by atoms with Crippen molar-refractivity contribution >= 4 is 17.9 Å². The molecule has 0 radical (unpaired) electrons. The summed E-state index contributed by atoms with van der Waals surface area (Å²) in [6.07, 6.45) is 82.9. The number of quaternary nitrogens is 1. The first-order chi connectivity index (χ1) is 39.6. The van der Waals surface area contributed by atoms with Crippen LogP contribution in [-0.2, 0) is 33.3 Å². The Hall–Kier alpha value is -4.05. The molecule has 0 N–H and O–H groups in total. The van der Waals surface area contributed by atoms with Crippen LogP contribution in [0.4, 0.5) is 0 Å². The van der Waals surface area contributed by atoms with Crippen LogP contribution in [0.3, 0.4) is 0 Å². The molecule has 0 spiro atoms. The Bertz CT molecular complexity index is 1700. The van der Waals surface area contributed by atoms with Crippen LogP contribution in [0.2, 0.25) is 0 Å². The molecule has 0 aromatic heterocycles. The number of carbonyl (C=O) groups is 3. The number of allylic oxidation sites excluding steroid dienone is 18. The van der Waals surface area contributed by atoms with Gasteiger partial charge in [-0.2, -0.15) is 0 Å². The molecule has 0 amide bonds. The van der Waals surface area contributed by atoms with Crippen molar-refractivity contribution in [3.63, 3.8) is 0 Å². The van der Waals surface area contributed by atoms with Crippen molar-refractivity contribution in [2.24, 2.45) is 0 Å². The summed E-state index contributed by atoms with van der Waals surface area (Å²) in [6, 6.07) is 0. The highest BCUT2D eigenvalue weighted by molar-refractivity contribution is 5.70. The molecule has 9 heteroatoms. The van der Waals surface area contributed by atoms with E-state index in [2.05, 4.69) is 123 Å². The van der Waals surface area contributed by atoms with E-state index >= 15 is 0 Å². The first kappa shape index (κ1) is 77.0. The molecule has 0 fully saturated rings. The molecule has 0 aliphatic carbocycles.